The molecule has 0 aliphatic rings. The Kier molecular flexibility index (Phi) is 4.90. The van der Waals surface area contributed by atoms with Crippen LogP contribution in [0.25, 0.3) is 22.4 Å². The number of benzene rings is 2. The van der Waals surface area contributed by atoms with Gasteiger partial charge < -0.3 is 10.5 Å². The molecule has 2 N–H and O–H groups in total. The number of pyridine rings is 1. The zero-order valence-electron chi connectivity index (χ0n) is 15.2. The average molecular weight is 343 g/mol. The number of anilines is 1. The molecule has 26 heavy (non-hydrogen) atoms. The summed E-state index contributed by atoms with van der Waals surface area (Å²) in [5.41, 5.74) is 12.3. The summed E-state index contributed by atoms with van der Waals surface area (Å²) >= 11 is 0. The van der Waals surface area contributed by atoms with E-state index in [1.54, 1.807) is 0 Å². The quantitative estimate of drug-likeness (QED) is 0.732. The molecule has 3 rings (SSSR count). The number of rotatable bonds is 4. The summed E-state index contributed by atoms with van der Waals surface area (Å²) < 4.78 is 5.49. The number of hydrogen-bond donors (Lipinski definition) is 1. The van der Waals surface area contributed by atoms with Crippen molar-refractivity contribution in [3.63, 3.8) is 0 Å². The molecule has 0 saturated heterocycles. The van der Waals surface area contributed by atoms with Gasteiger partial charge in [0.25, 0.3) is 0 Å². The van der Waals surface area contributed by atoms with Crippen molar-refractivity contribution in [2.24, 2.45) is 0 Å². The Morgan fingerprint density at radius 3 is 2.38 bits per heavy atom. The van der Waals surface area contributed by atoms with Gasteiger partial charge in [-0.3, -0.25) is 0 Å². The van der Waals surface area contributed by atoms with E-state index in [-0.39, 0.29) is 5.82 Å². The highest BCUT2D eigenvalue weighted by atomic mass is 16.5. The summed E-state index contributed by atoms with van der Waals surface area (Å²) in [5.74, 6) is 1.06. The third kappa shape index (κ3) is 3.38. The summed E-state index contributed by atoms with van der Waals surface area (Å²) in [6.45, 7) is 6.66. The van der Waals surface area contributed by atoms with E-state index in [2.05, 4.69) is 17.1 Å². The van der Waals surface area contributed by atoms with Crippen molar-refractivity contribution in [1.29, 1.82) is 5.26 Å². The molecule has 0 atom stereocenters. The molecule has 0 spiro atoms. The molecule has 0 saturated carbocycles. The van der Waals surface area contributed by atoms with Gasteiger partial charge in [0.15, 0.2) is 0 Å². The fourth-order valence-corrected chi connectivity index (χ4v) is 3.05. The van der Waals surface area contributed by atoms with Crippen molar-refractivity contribution in [2.45, 2.75) is 20.8 Å². The number of nitrogen functional groups attached to an aromatic ring is 1. The lowest BCUT2D eigenvalue weighted by atomic mass is 9.94. The van der Waals surface area contributed by atoms with Crippen LogP contribution >= 0.6 is 0 Å². The highest BCUT2D eigenvalue weighted by Crippen LogP contribution is 2.33. The molecule has 0 aliphatic heterocycles. The first-order chi connectivity index (χ1) is 12.5. The second kappa shape index (κ2) is 7.28. The molecular formula is C22H21N3O. The minimum absolute atomic E-state index is 0.244. The van der Waals surface area contributed by atoms with Gasteiger partial charge in [-0.2, -0.15) is 5.26 Å². The second-order valence-corrected chi connectivity index (χ2v) is 6.20. The molecule has 0 amide bonds. The maximum atomic E-state index is 9.58. The fourth-order valence-electron chi connectivity index (χ4n) is 3.05. The lowest BCUT2D eigenvalue weighted by Gasteiger charge is -2.13. The van der Waals surface area contributed by atoms with Crippen LogP contribution in [0.2, 0.25) is 0 Å². The van der Waals surface area contributed by atoms with Gasteiger partial charge in [-0.05, 0) is 62.2 Å². The van der Waals surface area contributed by atoms with Crippen LogP contribution in [0.1, 0.15) is 23.6 Å². The highest BCUT2D eigenvalue weighted by molar-refractivity contribution is 5.81. The smallest absolute Gasteiger partial charge is 0.142 e. The van der Waals surface area contributed by atoms with Crippen LogP contribution in [0, 0.1) is 25.2 Å². The van der Waals surface area contributed by atoms with E-state index in [0.717, 1.165) is 33.7 Å². The summed E-state index contributed by atoms with van der Waals surface area (Å²) in [5, 5.41) is 9.58. The molecule has 4 heteroatoms. The first-order valence-electron chi connectivity index (χ1n) is 8.55. The number of nitriles is 1. The molecule has 130 valence electrons. The largest absolute Gasteiger partial charge is 0.494 e. The van der Waals surface area contributed by atoms with Crippen LogP contribution in [0.5, 0.6) is 5.75 Å². The number of aryl methyl sites for hydroxylation is 2. The van der Waals surface area contributed by atoms with E-state index in [4.69, 9.17) is 10.5 Å². The summed E-state index contributed by atoms with van der Waals surface area (Å²) in [6, 6.07) is 18.0. The molecular weight excluding hydrogens is 322 g/mol. The molecule has 0 unspecified atom stereocenters. The number of nitrogens with zero attached hydrogens (tertiary/aromatic N) is 2. The van der Waals surface area contributed by atoms with E-state index >= 15 is 0 Å². The average Bonchev–Trinajstić information content (AvgIpc) is 2.62. The molecule has 0 radical (unpaired) electrons. The van der Waals surface area contributed by atoms with Crippen LogP contribution in [0.4, 0.5) is 5.82 Å². The van der Waals surface area contributed by atoms with Crippen LogP contribution in [-0.2, 0) is 0 Å². The maximum absolute atomic E-state index is 9.58. The Hall–Kier alpha value is -3.32. The van der Waals surface area contributed by atoms with E-state index < -0.39 is 0 Å². The van der Waals surface area contributed by atoms with Crippen molar-refractivity contribution < 1.29 is 4.74 Å². The van der Waals surface area contributed by atoms with E-state index in [9.17, 15) is 5.26 Å². The van der Waals surface area contributed by atoms with E-state index in [1.165, 1.54) is 5.56 Å². The lowest BCUT2D eigenvalue weighted by Crippen LogP contribution is -2.00. The fraction of sp³-hybridized carbons (Fsp3) is 0.182. The van der Waals surface area contributed by atoms with Gasteiger partial charge in [0.2, 0.25) is 0 Å². The molecule has 2 aromatic carbocycles. The van der Waals surface area contributed by atoms with Crippen LogP contribution in [0.15, 0.2) is 48.5 Å². The normalized spacial score (nSPS) is 10.4. The summed E-state index contributed by atoms with van der Waals surface area (Å²) in [7, 11) is 0. The molecule has 0 bridgehead atoms. The Bertz CT molecular complexity index is 986. The zero-order valence-corrected chi connectivity index (χ0v) is 15.2. The zero-order chi connectivity index (χ0) is 18.7. The predicted octanol–water partition coefficient (Wildman–Crippen LogP) is 4.89. The number of nitrogens with two attached hydrogens (primary N) is 1. The molecule has 1 aromatic heterocycles. The maximum Gasteiger partial charge on any atom is 0.142 e. The van der Waals surface area contributed by atoms with Crippen molar-refractivity contribution in [1.82, 2.24) is 4.98 Å². The third-order valence-electron chi connectivity index (χ3n) is 4.29. The Labute approximate surface area is 153 Å². The first-order valence-corrected chi connectivity index (χ1v) is 8.55. The minimum atomic E-state index is 0.244. The van der Waals surface area contributed by atoms with Gasteiger partial charge in [-0.15, -0.1) is 0 Å². The minimum Gasteiger partial charge on any atom is -0.494 e. The first kappa shape index (κ1) is 17.5. The van der Waals surface area contributed by atoms with Crippen molar-refractivity contribution in [3.8, 4) is 34.2 Å². The Morgan fingerprint density at radius 2 is 1.77 bits per heavy atom. The molecule has 0 fully saturated rings. The van der Waals surface area contributed by atoms with Gasteiger partial charge in [0.1, 0.15) is 23.2 Å². The third-order valence-corrected chi connectivity index (χ3v) is 4.29. The molecule has 3 aromatic rings. The van der Waals surface area contributed by atoms with Crippen LogP contribution in [-0.4, -0.2) is 11.6 Å². The molecule has 4 nitrogen and oxygen atoms in total. The number of hydrogen-bond acceptors (Lipinski definition) is 4. The SMILES string of the molecule is CCOc1ccc(-c2cc(-c3ccc(C)cc3C)c(C#N)c(N)n2)cc1. The number of aromatic nitrogens is 1. The standard InChI is InChI=1S/C22H21N3O/c1-4-26-17-8-6-16(7-9-17)21-12-19(20(13-23)22(24)25-21)18-10-5-14(2)11-15(18)3/h5-12H,4H2,1-3H3,(H2,24,25). The van der Waals surface area contributed by atoms with Crippen molar-refractivity contribution >= 4 is 5.82 Å². The Morgan fingerprint density at radius 1 is 1.04 bits per heavy atom. The Balaban J connectivity index is 2.14. The van der Waals surface area contributed by atoms with Gasteiger partial charge in [0, 0.05) is 11.1 Å². The van der Waals surface area contributed by atoms with Crippen LogP contribution in [0.3, 0.4) is 0 Å². The monoisotopic (exact) mass is 343 g/mol. The van der Waals surface area contributed by atoms with Gasteiger partial charge >= 0.3 is 0 Å². The topological polar surface area (TPSA) is 71.9 Å². The molecule has 1 heterocycles. The molecule has 0 aliphatic carbocycles. The van der Waals surface area contributed by atoms with E-state index in [0.29, 0.717) is 12.2 Å². The highest BCUT2D eigenvalue weighted by Gasteiger charge is 2.15. The lowest BCUT2D eigenvalue weighted by molar-refractivity contribution is 0.340. The van der Waals surface area contributed by atoms with Crippen molar-refractivity contribution in [3.05, 3.63) is 65.2 Å². The second-order valence-electron chi connectivity index (χ2n) is 6.20. The van der Waals surface area contributed by atoms with Gasteiger partial charge in [-0.1, -0.05) is 23.8 Å². The summed E-state index contributed by atoms with van der Waals surface area (Å²) in [4.78, 5) is 4.44. The van der Waals surface area contributed by atoms with Crippen molar-refractivity contribution in [2.75, 3.05) is 12.3 Å². The summed E-state index contributed by atoms with van der Waals surface area (Å²) in [6.07, 6.45) is 0. The van der Waals surface area contributed by atoms with Gasteiger partial charge in [-0.25, -0.2) is 4.98 Å². The predicted molar refractivity (Wildman–Crippen MR) is 105 cm³/mol. The van der Waals surface area contributed by atoms with Crippen LogP contribution < -0.4 is 10.5 Å². The van der Waals surface area contributed by atoms with E-state index in [1.807, 2.05) is 63.2 Å². The number of ether oxygens (including phenoxy) is 1. The van der Waals surface area contributed by atoms with Gasteiger partial charge in [0.05, 0.1) is 12.3 Å².